The van der Waals surface area contributed by atoms with Gasteiger partial charge in [-0.25, -0.2) is 0 Å². The highest BCUT2D eigenvalue weighted by molar-refractivity contribution is 6.52. The van der Waals surface area contributed by atoms with E-state index in [1.165, 1.54) is 12.1 Å². The average molecular weight is 395 g/mol. The van der Waals surface area contributed by atoms with E-state index in [1.54, 1.807) is 12.1 Å². The summed E-state index contributed by atoms with van der Waals surface area (Å²) in [7, 11) is 0. The fourth-order valence-electron chi connectivity index (χ4n) is 1.05. The molecule has 0 atom stereocenters. The Labute approximate surface area is 145 Å². The van der Waals surface area contributed by atoms with E-state index in [1.807, 2.05) is 0 Å². The zero-order valence-corrected chi connectivity index (χ0v) is 14.0. The van der Waals surface area contributed by atoms with Crippen molar-refractivity contribution in [1.29, 1.82) is 0 Å². The van der Waals surface area contributed by atoms with Crippen molar-refractivity contribution in [3.63, 3.8) is 0 Å². The Kier molecular flexibility index (Phi) is 6.86. The minimum atomic E-state index is -0.175. The molecule has 0 unspecified atom stereocenters. The van der Waals surface area contributed by atoms with Crippen LogP contribution in [-0.4, -0.2) is 10.2 Å². The first-order valence-electron chi connectivity index (χ1n) is 4.90. The summed E-state index contributed by atoms with van der Waals surface area (Å²) < 4.78 is 0. The van der Waals surface area contributed by atoms with Crippen molar-refractivity contribution in [3.05, 3.63) is 54.4 Å². The SMILES string of the molecule is Oc1cc(Cl)c(Cl)c(Cl)c1Cl.Oc1cccc(Cl)c1Cl. The van der Waals surface area contributed by atoms with Gasteiger partial charge in [-0.15, -0.1) is 0 Å². The van der Waals surface area contributed by atoms with Crippen molar-refractivity contribution in [3.8, 4) is 11.5 Å². The zero-order valence-electron chi connectivity index (χ0n) is 9.47. The summed E-state index contributed by atoms with van der Waals surface area (Å²) in [6.07, 6.45) is 0. The molecule has 0 saturated carbocycles. The first-order valence-corrected chi connectivity index (χ1v) is 7.17. The lowest BCUT2D eigenvalue weighted by atomic mass is 10.3. The molecule has 0 aliphatic carbocycles. The van der Waals surface area contributed by atoms with Crippen LogP contribution in [0.15, 0.2) is 24.3 Å². The summed E-state index contributed by atoms with van der Waals surface area (Å²) in [5.74, 6) is -0.157. The monoisotopic (exact) mass is 392 g/mol. The second-order valence-corrected chi connectivity index (χ2v) is 5.72. The predicted molar refractivity (Wildman–Crippen MR) is 86.3 cm³/mol. The second-order valence-electron chi connectivity index (χ2n) is 3.39. The van der Waals surface area contributed by atoms with E-state index in [0.29, 0.717) is 5.02 Å². The molecule has 2 aromatic rings. The molecule has 0 amide bonds. The van der Waals surface area contributed by atoms with Crippen molar-refractivity contribution < 1.29 is 10.2 Å². The summed E-state index contributed by atoms with van der Waals surface area (Å²) in [6, 6.07) is 5.96. The Morgan fingerprint density at radius 1 is 0.600 bits per heavy atom. The number of rotatable bonds is 0. The molecule has 0 heterocycles. The Bertz CT molecular complexity index is 583. The smallest absolute Gasteiger partial charge is 0.137 e. The molecule has 0 fully saturated rings. The molecule has 2 nitrogen and oxygen atoms in total. The number of benzene rings is 2. The third kappa shape index (κ3) is 4.39. The molecule has 108 valence electrons. The van der Waals surface area contributed by atoms with Crippen molar-refractivity contribution >= 4 is 69.6 Å². The van der Waals surface area contributed by atoms with Crippen molar-refractivity contribution in [2.45, 2.75) is 0 Å². The standard InChI is InChI=1S/C6H2Cl4O.C6H4Cl2O/c7-2-1-3(11)5(9)6(10)4(2)8;7-4-2-1-3-5(9)6(4)8/h1,11H;1-3,9H. The predicted octanol–water partition coefficient (Wildman–Crippen LogP) is 6.70. The van der Waals surface area contributed by atoms with E-state index < -0.39 is 0 Å². The quantitative estimate of drug-likeness (QED) is 0.385. The Morgan fingerprint density at radius 3 is 1.70 bits per heavy atom. The molecule has 0 radical (unpaired) electrons. The fourth-order valence-corrected chi connectivity index (χ4v) is 2.14. The number of phenols is 2. The van der Waals surface area contributed by atoms with E-state index in [4.69, 9.17) is 79.8 Å². The Balaban J connectivity index is 0.000000204. The van der Waals surface area contributed by atoms with E-state index >= 15 is 0 Å². The number of aromatic hydroxyl groups is 2. The molecule has 2 rings (SSSR count). The molecule has 0 aromatic heterocycles. The molecule has 2 aromatic carbocycles. The summed E-state index contributed by atoms with van der Waals surface area (Å²) in [6.45, 7) is 0. The van der Waals surface area contributed by atoms with Gasteiger partial charge >= 0.3 is 0 Å². The second kappa shape index (κ2) is 7.69. The molecule has 2 N–H and O–H groups in total. The van der Waals surface area contributed by atoms with Crippen LogP contribution in [0, 0.1) is 0 Å². The van der Waals surface area contributed by atoms with Crippen LogP contribution in [0.1, 0.15) is 0 Å². The Hall–Kier alpha value is -0.220. The third-order valence-electron chi connectivity index (χ3n) is 2.01. The number of hydrogen-bond acceptors (Lipinski definition) is 2. The maximum Gasteiger partial charge on any atom is 0.137 e. The van der Waals surface area contributed by atoms with Crippen LogP contribution in [0.5, 0.6) is 11.5 Å². The highest BCUT2D eigenvalue weighted by atomic mass is 35.5. The number of phenolic OH excluding ortho intramolecular Hbond substituents is 2. The van der Waals surface area contributed by atoms with Crippen LogP contribution >= 0.6 is 69.6 Å². The van der Waals surface area contributed by atoms with Gasteiger partial charge in [0.25, 0.3) is 0 Å². The largest absolute Gasteiger partial charge is 0.506 e. The fraction of sp³-hybridized carbons (Fsp3) is 0. The first kappa shape index (κ1) is 17.8. The van der Waals surface area contributed by atoms with Crippen LogP contribution < -0.4 is 0 Å². The molecule has 0 bridgehead atoms. The van der Waals surface area contributed by atoms with Gasteiger partial charge < -0.3 is 10.2 Å². The van der Waals surface area contributed by atoms with Gasteiger partial charge in [0.2, 0.25) is 0 Å². The minimum absolute atomic E-state index is 0.0149. The summed E-state index contributed by atoms with van der Waals surface area (Å²) in [5.41, 5.74) is 0. The summed E-state index contributed by atoms with van der Waals surface area (Å²) >= 11 is 33.3. The van der Waals surface area contributed by atoms with E-state index in [-0.39, 0.29) is 36.6 Å². The lowest BCUT2D eigenvalue weighted by molar-refractivity contribution is 0.475. The van der Waals surface area contributed by atoms with Crippen molar-refractivity contribution in [2.24, 2.45) is 0 Å². The van der Waals surface area contributed by atoms with E-state index in [9.17, 15) is 0 Å². The van der Waals surface area contributed by atoms with Crippen LogP contribution in [0.3, 0.4) is 0 Å². The van der Waals surface area contributed by atoms with Crippen molar-refractivity contribution in [2.75, 3.05) is 0 Å². The summed E-state index contributed by atoms with van der Waals surface area (Å²) in [5, 5.41) is 18.9. The topological polar surface area (TPSA) is 40.5 Å². The van der Waals surface area contributed by atoms with Gasteiger partial charge in [-0.2, -0.15) is 0 Å². The van der Waals surface area contributed by atoms with Gasteiger partial charge in [0.05, 0.1) is 20.1 Å². The lowest BCUT2D eigenvalue weighted by Crippen LogP contribution is -1.75. The molecule has 0 spiro atoms. The number of hydrogen-bond donors (Lipinski definition) is 2. The maximum absolute atomic E-state index is 9.05. The zero-order chi connectivity index (χ0) is 15.4. The Morgan fingerprint density at radius 2 is 1.20 bits per heavy atom. The summed E-state index contributed by atoms with van der Waals surface area (Å²) in [4.78, 5) is 0. The molecule has 0 aliphatic heterocycles. The number of halogens is 6. The van der Waals surface area contributed by atoms with Gasteiger partial charge in [0, 0.05) is 6.07 Å². The van der Waals surface area contributed by atoms with Gasteiger partial charge in [-0.3, -0.25) is 0 Å². The van der Waals surface area contributed by atoms with Gasteiger partial charge in [-0.05, 0) is 12.1 Å². The molecule has 0 saturated heterocycles. The van der Waals surface area contributed by atoms with Gasteiger partial charge in [-0.1, -0.05) is 75.7 Å². The molecular formula is C12H6Cl6O2. The molecule has 8 heteroatoms. The normalized spacial score (nSPS) is 9.90. The molecule has 20 heavy (non-hydrogen) atoms. The van der Waals surface area contributed by atoms with Crippen LogP contribution in [0.4, 0.5) is 0 Å². The highest BCUT2D eigenvalue weighted by Gasteiger charge is 2.11. The van der Waals surface area contributed by atoms with Crippen LogP contribution in [0.25, 0.3) is 0 Å². The van der Waals surface area contributed by atoms with Crippen LogP contribution in [-0.2, 0) is 0 Å². The third-order valence-corrected chi connectivity index (χ3v) is 4.56. The van der Waals surface area contributed by atoms with E-state index in [0.717, 1.165) is 0 Å². The molecule has 0 aliphatic rings. The molecular weight excluding hydrogens is 389 g/mol. The van der Waals surface area contributed by atoms with Crippen molar-refractivity contribution in [1.82, 2.24) is 0 Å². The van der Waals surface area contributed by atoms with E-state index in [2.05, 4.69) is 0 Å². The van der Waals surface area contributed by atoms with Crippen LogP contribution in [0.2, 0.25) is 30.1 Å². The highest BCUT2D eigenvalue weighted by Crippen LogP contribution is 2.41. The lowest BCUT2D eigenvalue weighted by Gasteiger charge is -2.02. The minimum Gasteiger partial charge on any atom is -0.506 e. The van der Waals surface area contributed by atoms with Gasteiger partial charge in [0.1, 0.15) is 21.5 Å². The first-order chi connectivity index (χ1) is 9.25. The average Bonchev–Trinajstić information content (AvgIpc) is 2.41. The van der Waals surface area contributed by atoms with Gasteiger partial charge in [0.15, 0.2) is 0 Å². The maximum atomic E-state index is 9.05.